The number of nitrogens with one attached hydrogen (secondary N) is 1. The molecule has 0 aliphatic rings. The third-order valence-corrected chi connectivity index (χ3v) is 6.28. The van der Waals surface area contributed by atoms with Crippen LogP contribution in [0, 0.1) is 6.92 Å². The minimum atomic E-state index is -1.26. The topological polar surface area (TPSA) is 121 Å². The maximum Gasteiger partial charge on any atom is 0.328 e. The summed E-state index contributed by atoms with van der Waals surface area (Å²) in [6, 6.07) is 6.49. The fraction of sp³-hybridized carbons (Fsp3) is 0.333. The maximum atomic E-state index is 9.55. The van der Waals surface area contributed by atoms with Crippen LogP contribution < -0.4 is 5.32 Å². The zero-order chi connectivity index (χ0) is 26.2. The second-order valence-corrected chi connectivity index (χ2v) is 8.42. The Morgan fingerprint density at radius 1 is 1.03 bits per heavy atom. The van der Waals surface area contributed by atoms with Crippen molar-refractivity contribution in [3.8, 4) is 0 Å². The molecule has 0 saturated heterocycles. The molecule has 0 radical (unpaired) electrons. The average molecular weight is 492 g/mol. The van der Waals surface area contributed by atoms with Crippen LogP contribution in [-0.4, -0.2) is 67.8 Å². The van der Waals surface area contributed by atoms with Gasteiger partial charge >= 0.3 is 11.9 Å². The third-order valence-electron chi connectivity index (χ3n) is 6.28. The van der Waals surface area contributed by atoms with Crippen LogP contribution >= 0.6 is 0 Å². The van der Waals surface area contributed by atoms with Crippen molar-refractivity contribution in [2.24, 2.45) is 7.05 Å². The van der Waals surface area contributed by atoms with E-state index in [1.165, 1.54) is 38.1 Å². The van der Waals surface area contributed by atoms with Crippen LogP contribution in [0.5, 0.6) is 0 Å². The Morgan fingerprint density at radius 3 is 2.36 bits per heavy atom. The van der Waals surface area contributed by atoms with E-state index in [9.17, 15) is 9.59 Å². The number of hydrogen-bond donors (Lipinski definition) is 3. The van der Waals surface area contributed by atoms with Crippen LogP contribution in [-0.2, 0) is 16.6 Å². The molecule has 4 rings (SSSR count). The molecule has 3 heterocycles. The number of nitrogens with zero attached hydrogens (tertiary/aromatic N) is 4. The lowest BCUT2D eigenvalue weighted by Gasteiger charge is -2.18. The van der Waals surface area contributed by atoms with E-state index in [2.05, 4.69) is 70.8 Å². The summed E-state index contributed by atoms with van der Waals surface area (Å²) < 4.78 is 2.28. The van der Waals surface area contributed by atoms with E-state index < -0.39 is 11.9 Å². The molecule has 0 atom stereocenters. The molecule has 9 heteroatoms. The summed E-state index contributed by atoms with van der Waals surface area (Å²) >= 11 is 0. The first-order chi connectivity index (χ1) is 17.3. The number of benzene rings is 1. The van der Waals surface area contributed by atoms with Gasteiger partial charge < -0.3 is 25.0 Å². The Kier molecular flexibility index (Phi) is 8.97. The van der Waals surface area contributed by atoms with Gasteiger partial charge in [0.1, 0.15) is 5.82 Å². The van der Waals surface area contributed by atoms with Gasteiger partial charge in [-0.3, -0.25) is 4.98 Å². The predicted octanol–water partition coefficient (Wildman–Crippen LogP) is 4.44. The Balaban J connectivity index is 0.000000392. The van der Waals surface area contributed by atoms with Gasteiger partial charge in [-0.25, -0.2) is 14.6 Å². The van der Waals surface area contributed by atoms with Gasteiger partial charge in [-0.15, -0.1) is 0 Å². The molecule has 4 aromatic rings. The number of rotatable bonds is 9. The number of carbonyl (C=O) groups is 2. The first-order valence-electron chi connectivity index (χ1n) is 12.0. The molecule has 1 aromatic carbocycles. The number of carboxylic acid groups (broad SMARTS) is 2. The van der Waals surface area contributed by atoms with Gasteiger partial charge in [-0.2, -0.15) is 0 Å². The molecule has 3 N–H and O–H groups in total. The molecule has 0 saturated carbocycles. The van der Waals surface area contributed by atoms with Gasteiger partial charge in [0.15, 0.2) is 0 Å². The molecule has 0 bridgehead atoms. The number of anilines is 1. The number of carboxylic acids is 2. The van der Waals surface area contributed by atoms with Crippen LogP contribution in [0.15, 0.2) is 48.9 Å². The van der Waals surface area contributed by atoms with E-state index in [4.69, 9.17) is 10.2 Å². The lowest BCUT2D eigenvalue weighted by atomic mass is 10.0. The normalized spacial score (nSPS) is 11.4. The van der Waals surface area contributed by atoms with Crippen molar-refractivity contribution in [3.05, 3.63) is 54.5 Å². The smallest absolute Gasteiger partial charge is 0.328 e. The fourth-order valence-corrected chi connectivity index (χ4v) is 4.47. The highest BCUT2D eigenvalue weighted by Crippen LogP contribution is 2.36. The fourth-order valence-electron chi connectivity index (χ4n) is 4.47. The molecule has 9 nitrogen and oxygen atoms in total. The quantitative estimate of drug-likeness (QED) is 0.232. The molecule has 0 aliphatic carbocycles. The minimum Gasteiger partial charge on any atom is -0.478 e. The Hall–Kier alpha value is -3.98. The number of fused-ring (bicyclic) bond motifs is 4. The molecule has 0 spiro atoms. The zero-order valence-corrected chi connectivity index (χ0v) is 21.2. The van der Waals surface area contributed by atoms with Crippen LogP contribution in [0.3, 0.4) is 0 Å². The second kappa shape index (κ2) is 12.1. The van der Waals surface area contributed by atoms with Gasteiger partial charge in [0.25, 0.3) is 0 Å². The van der Waals surface area contributed by atoms with Crippen LogP contribution in [0.25, 0.3) is 32.6 Å². The van der Waals surface area contributed by atoms with Crippen molar-refractivity contribution in [2.45, 2.75) is 27.2 Å². The van der Waals surface area contributed by atoms with Crippen molar-refractivity contribution in [1.82, 2.24) is 19.4 Å². The number of hydrogen-bond acceptors (Lipinski definition) is 6. The average Bonchev–Trinajstić information content (AvgIpc) is 3.16. The molecule has 3 aromatic heterocycles. The first-order valence-corrected chi connectivity index (χ1v) is 12.0. The van der Waals surface area contributed by atoms with Crippen molar-refractivity contribution in [1.29, 1.82) is 0 Å². The van der Waals surface area contributed by atoms with E-state index in [-0.39, 0.29) is 0 Å². The van der Waals surface area contributed by atoms with Crippen LogP contribution in [0.1, 0.15) is 25.8 Å². The first kappa shape index (κ1) is 26.6. The SMILES string of the molecule is CCN(CC)CCCNc1nccc2c(C)c3c(cc12)c1cnccc1n3C.O=C(O)/C=C/C(=O)O. The van der Waals surface area contributed by atoms with Gasteiger partial charge in [0, 0.05) is 60.5 Å². The van der Waals surface area contributed by atoms with Crippen LogP contribution in [0.4, 0.5) is 5.82 Å². The molecular formula is C27H33N5O4. The van der Waals surface area contributed by atoms with Gasteiger partial charge in [-0.1, -0.05) is 13.8 Å². The lowest BCUT2D eigenvalue weighted by molar-refractivity contribution is -0.134. The van der Waals surface area contributed by atoms with Gasteiger partial charge in [-0.05, 0) is 62.1 Å². The monoisotopic (exact) mass is 491 g/mol. The van der Waals surface area contributed by atoms with Crippen molar-refractivity contribution < 1.29 is 19.8 Å². The largest absolute Gasteiger partial charge is 0.478 e. The molecule has 0 amide bonds. The second-order valence-electron chi connectivity index (χ2n) is 8.42. The van der Waals surface area contributed by atoms with Gasteiger partial charge in [0.2, 0.25) is 0 Å². The zero-order valence-electron chi connectivity index (χ0n) is 21.2. The Bertz CT molecular complexity index is 1390. The van der Waals surface area contributed by atoms with E-state index in [0.717, 1.165) is 38.4 Å². The maximum absolute atomic E-state index is 9.55. The molecule has 36 heavy (non-hydrogen) atoms. The summed E-state index contributed by atoms with van der Waals surface area (Å²) in [5.74, 6) is -1.54. The third kappa shape index (κ3) is 5.98. The Labute approximate surface area is 210 Å². The van der Waals surface area contributed by atoms with E-state index in [1.54, 1.807) is 0 Å². The molecular weight excluding hydrogens is 458 g/mol. The number of pyridine rings is 2. The highest BCUT2D eigenvalue weighted by atomic mass is 16.4. The summed E-state index contributed by atoms with van der Waals surface area (Å²) in [4.78, 5) is 30.6. The number of aryl methyl sites for hydroxylation is 2. The minimum absolute atomic E-state index is 0.558. The van der Waals surface area contributed by atoms with E-state index in [1.807, 2.05) is 18.6 Å². The highest BCUT2D eigenvalue weighted by molar-refractivity contribution is 6.15. The number of aromatic nitrogens is 3. The lowest BCUT2D eigenvalue weighted by Crippen LogP contribution is -2.25. The standard InChI is InChI=1S/C23H29N5.C4H4O4/c1-5-28(6-2)13-7-10-25-23-19-14-18-20-15-24-11-9-21(20)27(4)22(18)16(3)17(19)8-12-26-23;5-3(6)1-2-4(7)8/h8-9,11-12,14-15H,5-7,10,13H2,1-4H3,(H,25,26);1-2H,(H,5,6)(H,7,8)/b;2-1+. The summed E-state index contributed by atoms with van der Waals surface area (Å²) in [6.45, 7) is 10.9. The van der Waals surface area contributed by atoms with Crippen LogP contribution in [0.2, 0.25) is 0 Å². The van der Waals surface area contributed by atoms with Crippen molar-refractivity contribution in [2.75, 3.05) is 31.5 Å². The van der Waals surface area contributed by atoms with Gasteiger partial charge in [0.05, 0.1) is 11.0 Å². The summed E-state index contributed by atoms with van der Waals surface area (Å²) in [6.07, 6.45) is 7.97. The van der Waals surface area contributed by atoms with Crippen molar-refractivity contribution >= 4 is 50.3 Å². The summed E-state index contributed by atoms with van der Waals surface area (Å²) in [5.41, 5.74) is 3.78. The summed E-state index contributed by atoms with van der Waals surface area (Å²) in [7, 11) is 2.14. The van der Waals surface area contributed by atoms with E-state index >= 15 is 0 Å². The molecule has 0 aliphatic heterocycles. The molecule has 0 unspecified atom stereocenters. The highest BCUT2D eigenvalue weighted by Gasteiger charge is 2.15. The number of aliphatic carboxylic acids is 2. The molecule has 0 fully saturated rings. The van der Waals surface area contributed by atoms with Crippen molar-refractivity contribution in [3.63, 3.8) is 0 Å². The Morgan fingerprint density at radius 2 is 1.72 bits per heavy atom. The summed E-state index contributed by atoms with van der Waals surface area (Å²) in [5, 5.41) is 24.1. The molecule has 190 valence electrons. The predicted molar refractivity (Wildman–Crippen MR) is 144 cm³/mol. The van der Waals surface area contributed by atoms with E-state index in [0.29, 0.717) is 12.2 Å².